The molecular weight excluding hydrogens is 346 g/mol. The van der Waals surface area contributed by atoms with Crippen molar-refractivity contribution in [3.8, 4) is 11.5 Å². The van der Waals surface area contributed by atoms with Crippen molar-refractivity contribution < 1.29 is 19.1 Å². The lowest BCUT2D eigenvalue weighted by molar-refractivity contribution is -0.121. The standard InChI is InChI=1S/C20H31N3O4/c1-5-26-17-8-7-16(10-18(17)27-6-2)21-20(25)22-19(24)13-23-11-14(3)9-15(4)12-23/h7-8,10,14-15H,5-6,9,11-13H2,1-4H3,(H2,21,22,24,25)/t14-,15+. The van der Waals surface area contributed by atoms with Crippen LogP contribution in [-0.2, 0) is 4.79 Å². The van der Waals surface area contributed by atoms with Crippen LogP contribution in [0.3, 0.4) is 0 Å². The Kier molecular flexibility index (Phi) is 7.91. The van der Waals surface area contributed by atoms with Crippen molar-refractivity contribution in [1.29, 1.82) is 0 Å². The van der Waals surface area contributed by atoms with Gasteiger partial charge in [0.2, 0.25) is 5.91 Å². The van der Waals surface area contributed by atoms with Crippen LogP contribution in [0.2, 0.25) is 0 Å². The quantitative estimate of drug-likeness (QED) is 0.763. The molecule has 1 aromatic rings. The molecule has 27 heavy (non-hydrogen) atoms. The molecule has 1 aliphatic rings. The van der Waals surface area contributed by atoms with Crippen LogP contribution in [0, 0.1) is 11.8 Å². The number of nitrogens with one attached hydrogen (secondary N) is 2. The molecule has 1 saturated heterocycles. The first kappa shape index (κ1) is 21.0. The number of amides is 3. The van der Waals surface area contributed by atoms with Crippen LogP contribution in [0.25, 0.3) is 0 Å². The number of urea groups is 1. The Hall–Kier alpha value is -2.28. The van der Waals surface area contributed by atoms with Crippen molar-refractivity contribution in [2.75, 3.05) is 38.2 Å². The molecule has 0 radical (unpaired) electrons. The fraction of sp³-hybridized carbons (Fsp3) is 0.600. The summed E-state index contributed by atoms with van der Waals surface area (Å²) >= 11 is 0. The third-order valence-corrected chi connectivity index (χ3v) is 4.37. The predicted octanol–water partition coefficient (Wildman–Crippen LogP) is 3.11. The van der Waals surface area contributed by atoms with Gasteiger partial charge in [-0.05, 0) is 44.2 Å². The Labute approximate surface area is 161 Å². The highest BCUT2D eigenvalue weighted by Gasteiger charge is 2.23. The van der Waals surface area contributed by atoms with Gasteiger partial charge in [0.05, 0.1) is 19.8 Å². The van der Waals surface area contributed by atoms with E-state index in [1.54, 1.807) is 18.2 Å². The van der Waals surface area contributed by atoms with Crippen LogP contribution in [0.5, 0.6) is 11.5 Å². The van der Waals surface area contributed by atoms with E-state index in [9.17, 15) is 9.59 Å². The number of hydrogen-bond donors (Lipinski definition) is 2. The van der Waals surface area contributed by atoms with Crippen molar-refractivity contribution in [3.05, 3.63) is 18.2 Å². The maximum atomic E-state index is 12.2. The normalized spacial score (nSPS) is 20.0. The molecule has 2 atom stereocenters. The molecule has 1 fully saturated rings. The van der Waals surface area contributed by atoms with Gasteiger partial charge in [0.25, 0.3) is 0 Å². The van der Waals surface area contributed by atoms with Crippen molar-refractivity contribution in [2.24, 2.45) is 11.8 Å². The summed E-state index contributed by atoms with van der Waals surface area (Å²) in [5, 5.41) is 5.06. The largest absolute Gasteiger partial charge is 0.490 e. The van der Waals surface area contributed by atoms with Gasteiger partial charge in [-0.3, -0.25) is 15.0 Å². The van der Waals surface area contributed by atoms with Crippen molar-refractivity contribution in [1.82, 2.24) is 10.2 Å². The van der Waals surface area contributed by atoms with Crippen LogP contribution in [0.15, 0.2) is 18.2 Å². The Morgan fingerprint density at radius 1 is 1.07 bits per heavy atom. The zero-order valence-corrected chi connectivity index (χ0v) is 16.7. The number of piperidine rings is 1. The minimum Gasteiger partial charge on any atom is -0.490 e. The Bertz CT molecular complexity index is 640. The second-order valence-corrected chi connectivity index (χ2v) is 7.17. The fourth-order valence-electron chi connectivity index (χ4n) is 3.58. The molecule has 2 N–H and O–H groups in total. The number of rotatable bonds is 7. The molecule has 2 rings (SSSR count). The van der Waals surface area contributed by atoms with E-state index in [-0.39, 0.29) is 12.5 Å². The highest BCUT2D eigenvalue weighted by atomic mass is 16.5. The van der Waals surface area contributed by atoms with E-state index in [2.05, 4.69) is 29.4 Å². The number of carbonyl (C=O) groups excluding carboxylic acids is 2. The van der Waals surface area contributed by atoms with E-state index in [4.69, 9.17) is 9.47 Å². The first-order chi connectivity index (χ1) is 12.9. The number of hydrogen-bond acceptors (Lipinski definition) is 5. The minimum absolute atomic E-state index is 0.232. The summed E-state index contributed by atoms with van der Waals surface area (Å²) < 4.78 is 11.0. The number of benzene rings is 1. The van der Waals surface area contributed by atoms with Crippen LogP contribution in [-0.4, -0.2) is 49.7 Å². The number of likely N-dealkylation sites (tertiary alicyclic amines) is 1. The van der Waals surface area contributed by atoms with E-state index in [0.29, 0.717) is 42.2 Å². The van der Waals surface area contributed by atoms with Crippen molar-refractivity contribution in [2.45, 2.75) is 34.1 Å². The molecule has 1 aromatic carbocycles. The second-order valence-electron chi connectivity index (χ2n) is 7.17. The Morgan fingerprint density at radius 3 is 2.33 bits per heavy atom. The summed E-state index contributed by atoms with van der Waals surface area (Å²) in [7, 11) is 0. The Balaban J connectivity index is 1.89. The summed E-state index contributed by atoms with van der Waals surface area (Å²) in [6.45, 7) is 11.2. The maximum absolute atomic E-state index is 12.2. The van der Waals surface area contributed by atoms with Gasteiger partial charge in [0, 0.05) is 24.8 Å². The highest BCUT2D eigenvalue weighted by molar-refractivity contribution is 6.01. The molecule has 7 heteroatoms. The SMILES string of the molecule is CCOc1ccc(NC(=O)NC(=O)CN2C[C@H](C)C[C@H](C)C2)cc1OCC. The highest BCUT2D eigenvalue weighted by Crippen LogP contribution is 2.30. The van der Waals surface area contributed by atoms with E-state index in [1.807, 2.05) is 13.8 Å². The van der Waals surface area contributed by atoms with Gasteiger partial charge in [0.15, 0.2) is 11.5 Å². The molecule has 0 saturated carbocycles. The van der Waals surface area contributed by atoms with Gasteiger partial charge in [0.1, 0.15) is 0 Å². The average Bonchev–Trinajstić information content (AvgIpc) is 2.56. The van der Waals surface area contributed by atoms with Gasteiger partial charge in [-0.15, -0.1) is 0 Å². The van der Waals surface area contributed by atoms with Crippen LogP contribution < -0.4 is 20.1 Å². The van der Waals surface area contributed by atoms with Crippen LogP contribution in [0.1, 0.15) is 34.1 Å². The number of anilines is 1. The molecule has 0 unspecified atom stereocenters. The predicted molar refractivity (Wildman–Crippen MR) is 105 cm³/mol. The van der Waals surface area contributed by atoms with Gasteiger partial charge in [-0.25, -0.2) is 4.79 Å². The molecule has 3 amide bonds. The van der Waals surface area contributed by atoms with Crippen LogP contribution >= 0.6 is 0 Å². The lowest BCUT2D eigenvalue weighted by Crippen LogP contribution is -2.46. The van der Waals surface area contributed by atoms with Gasteiger partial charge in [-0.2, -0.15) is 0 Å². The summed E-state index contributed by atoms with van der Waals surface area (Å²) in [6.07, 6.45) is 1.18. The summed E-state index contributed by atoms with van der Waals surface area (Å²) in [6, 6.07) is 4.59. The van der Waals surface area contributed by atoms with Gasteiger partial charge in [-0.1, -0.05) is 13.8 Å². The number of nitrogens with zero attached hydrogens (tertiary/aromatic N) is 1. The van der Waals surface area contributed by atoms with Crippen molar-refractivity contribution >= 4 is 17.6 Å². The van der Waals surface area contributed by atoms with Gasteiger partial charge >= 0.3 is 6.03 Å². The zero-order chi connectivity index (χ0) is 19.8. The molecule has 1 heterocycles. The first-order valence-corrected chi connectivity index (χ1v) is 9.64. The van der Waals surface area contributed by atoms with E-state index in [1.165, 1.54) is 6.42 Å². The summed E-state index contributed by atoms with van der Waals surface area (Å²) in [4.78, 5) is 26.4. The maximum Gasteiger partial charge on any atom is 0.325 e. The van der Waals surface area contributed by atoms with E-state index in [0.717, 1.165) is 13.1 Å². The van der Waals surface area contributed by atoms with E-state index >= 15 is 0 Å². The zero-order valence-electron chi connectivity index (χ0n) is 16.7. The minimum atomic E-state index is -0.551. The molecule has 0 spiro atoms. The lowest BCUT2D eigenvalue weighted by Gasteiger charge is -2.34. The van der Waals surface area contributed by atoms with Crippen LogP contribution in [0.4, 0.5) is 10.5 Å². The smallest absolute Gasteiger partial charge is 0.325 e. The topological polar surface area (TPSA) is 79.9 Å². The number of imide groups is 1. The number of carbonyl (C=O) groups is 2. The molecule has 0 bridgehead atoms. The summed E-state index contributed by atoms with van der Waals surface area (Å²) in [5.41, 5.74) is 0.535. The molecule has 1 aliphatic heterocycles. The average molecular weight is 377 g/mol. The fourth-order valence-corrected chi connectivity index (χ4v) is 3.58. The number of ether oxygens (including phenoxy) is 2. The first-order valence-electron chi connectivity index (χ1n) is 9.64. The molecule has 0 aromatic heterocycles. The third kappa shape index (κ3) is 6.75. The lowest BCUT2D eigenvalue weighted by atomic mass is 9.92. The second kappa shape index (κ2) is 10.2. The monoisotopic (exact) mass is 377 g/mol. The molecule has 7 nitrogen and oxygen atoms in total. The summed E-state index contributed by atoms with van der Waals surface area (Å²) in [5.74, 6) is 2.01. The molecular formula is C20H31N3O4. The van der Waals surface area contributed by atoms with Gasteiger partial charge < -0.3 is 14.8 Å². The molecule has 0 aliphatic carbocycles. The Morgan fingerprint density at radius 2 is 1.70 bits per heavy atom. The third-order valence-electron chi connectivity index (χ3n) is 4.37. The van der Waals surface area contributed by atoms with E-state index < -0.39 is 6.03 Å². The van der Waals surface area contributed by atoms with Crippen molar-refractivity contribution in [3.63, 3.8) is 0 Å². The molecule has 150 valence electrons.